The summed E-state index contributed by atoms with van der Waals surface area (Å²) in [5.74, 6) is 0. The first-order valence-corrected chi connectivity index (χ1v) is 3.91. The van der Waals surface area contributed by atoms with Crippen LogP contribution in [-0.4, -0.2) is 24.4 Å². The van der Waals surface area contributed by atoms with Gasteiger partial charge in [-0.15, -0.1) is 0 Å². The summed E-state index contributed by atoms with van der Waals surface area (Å²) in [7, 11) is 0. The van der Waals surface area contributed by atoms with Crippen LogP contribution < -0.4 is 0 Å². The predicted octanol–water partition coefficient (Wildman–Crippen LogP) is 0.871. The molecule has 2 nitrogen and oxygen atoms in total. The highest BCUT2D eigenvalue weighted by Gasteiger charge is 2.51. The molecule has 0 aromatic heterocycles. The van der Waals surface area contributed by atoms with E-state index in [-0.39, 0.29) is 0 Å². The van der Waals surface area contributed by atoms with E-state index in [4.69, 9.17) is 9.47 Å². The molecule has 2 saturated heterocycles. The van der Waals surface area contributed by atoms with E-state index in [1.165, 1.54) is 0 Å². The molecule has 54 valence electrons. The summed E-state index contributed by atoms with van der Waals surface area (Å²) in [6.07, 6.45) is 8.24. The summed E-state index contributed by atoms with van der Waals surface area (Å²) in [6.45, 7) is 0. The molecule has 2 bridgehead atoms. The van der Waals surface area contributed by atoms with Crippen LogP contribution in [0.15, 0.2) is 12.2 Å². The van der Waals surface area contributed by atoms with Gasteiger partial charge in [-0.2, -0.15) is 0 Å². The number of ether oxygens (including phenoxy) is 2. The Kier molecular flexibility index (Phi) is 0.868. The molecular formula is C8H10O2. The molecule has 0 aromatic rings. The Labute approximate surface area is 59.8 Å². The van der Waals surface area contributed by atoms with Gasteiger partial charge in [0.05, 0.1) is 18.3 Å². The molecule has 3 aliphatic rings. The van der Waals surface area contributed by atoms with Gasteiger partial charge >= 0.3 is 0 Å². The third-order valence-electron chi connectivity index (χ3n) is 2.52. The normalized spacial score (nSPS) is 56.0. The van der Waals surface area contributed by atoms with E-state index in [0.717, 1.165) is 12.8 Å². The fourth-order valence-electron chi connectivity index (χ4n) is 1.94. The summed E-state index contributed by atoms with van der Waals surface area (Å²) in [5, 5.41) is 0. The van der Waals surface area contributed by atoms with Crippen LogP contribution in [0.4, 0.5) is 0 Å². The second-order valence-corrected chi connectivity index (χ2v) is 3.25. The van der Waals surface area contributed by atoms with Gasteiger partial charge in [-0.05, 0) is 6.42 Å². The summed E-state index contributed by atoms with van der Waals surface area (Å²) in [6, 6.07) is 0. The molecule has 0 spiro atoms. The van der Waals surface area contributed by atoms with E-state index in [0.29, 0.717) is 24.4 Å². The van der Waals surface area contributed by atoms with Crippen LogP contribution in [0.1, 0.15) is 12.8 Å². The monoisotopic (exact) mass is 138 g/mol. The average molecular weight is 138 g/mol. The van der Waals surface area contributed by atoms with Gasteiger partial charge in [0.25, 0.3) is 0 Å². The van der Waals surface area contributed by atoms with Crippen LogP contribution in [0, 0.1) is 0 Å². The van der Waals surface area contributed by atoms with Crippen LogP contribution >= 0.6 is 0 Å². The third-order valence-corrected chi connectivity index (χ3v) is 2.52. The second-order valence-electron chi connectivity index (χ2n) is 3.25. The van der Waals surface area contributed by atoms with E-state index in [2.05, 4.69) is 12.2 Å². The Morgan fingerprint density at radius 2 is 2.20 bits per heavy atom. The molecule has 4 atom stereocenters. The molecule has 0 radical (unpaired) electrons. The van der Waals surface area contributed by atoms with Crippen molar-refractivity contribution in [2.24, 2.45) is 0 Å². The Hall–Kier alpha value is -0.340. The van der Waals surface area contributed by atoms with Gasteiger partial charge in [-0.25, -0.2) is 0 Å². The molecule has 0 aliphatic carbocycles. The first-order valence-electron chi connectivity index (χ1n) is 3.91. The topological polar surface area (TPSA) is 21.8 Å². The van der Waals surface area contributed by atoms with Gasteiger partial charge in [0.2, 0.25) is 0 Å². The zero-order chi connectivity index (χ0) is 6.55. The van der Waals surface area contributed by atoms with Gasteiger partial charge < -0.3 is 9.47 Å². The number of epoxide rings is 1. The SMILES string of the molecule is C1=CC2CC3OC3C(C1)O2. The number of fused-ring (bicyclic) bond motifs is 4. The molecule has 0 saturated carbocycles. The molecule has 4 unspecified atom stereocenters. The fraction of sp³-hybridized carbons (Fsp3) is 0.750. The van der Waals surface area contributed by atoms with Crippen LogP contribution in [0.25, 0.3) is 0 Å². The van der Waals surface area contributed by atoms with Crippen molar-refractivity contribution in [1.29, 1.82) is 0 Å². The number of hydrogen-bond acceptors (Lipinski definition) is 2. The quantitative estimate of drug-likeness (QED) is 0.366. The van der Waals surface area contributed by atoms with E-state index in [1.54, 1.807) is 0 Å². The lowest BCUT2D eigenvalue weighted by molar-refractivity contribution is -0.0194. The van der Waals surface area contributed by atoms with Gasteiger partial charge in [0.15, 0.2) is 0 Å². The molecule has 10 heavy (non-hydrogen) atoms. The first kappa shape index (κ1) is 5.33. The van der Waals surface area contributed by atoms with E-state index >= 15 is 0 Å². The van der Waals surface area contributed by atoms with Crippen LogP contribution in [0.5, 0.6) is 0 Å². The lowest BCUT2D eigenvalue weighted by Gasteiger charge is -2.27. The van der Waals surface area contributed by atoms with Crippen molar-refractivity contribution in [2.75, 3.05) is 0 Å². The van der Waals surface area contributed by atoms with E-state index < -0.39 is 0 Å². The zero-order valence-corrected chi connectivity index (χ0v) is 5.69. The molecule has 3 rings (SSSR count). The largest absolute Gasteiger partial charge is 0.368 e. The first-order chi connectivity index (χ1) is 4.93. The van der Waals surface area contributed by atoms with Crippen molar-refractivity contribution in [3.8, 4) is 0 Å². The smallest absolute Gasteiger partial charge is 0.111 e. The molecule has 3 aliphatic heterocycles. The summed E-state index contributed by atoms with van der Waals surface area (Å²) < 4.78 is 11.1. The van der Waals surface area contributed by atoms with Crippen molar-refractivity contribution in [1.82, 2.24) is 0 Å². The fourth-order valence-corrected chi connectivity index (χ4v) is 1.94. The maximum absolute atomic E-state index is 5.66. The van der Waals surface area contributed by atoms with Gasteiger partial charge in [-0.1, -0.05) is 12.2 Å². The second kappa shape index (κ2) is 1.63. The number of rotatable bonds is 0. The summed E-state index contributed by atoms with van der Waals surface area (Å²) in [5.41, 5.74) is 0. The van der Waals surface area contributed by atoms with E-state index in [1.807, 2.05) is 0 Å². The zero-order valence-electron chi connectivity index (χ0n) is 5.69. The average Bonchev–Trinajstić information content (AvgIpc) is 2.68. The predicted molar refractivity (Wildman–Crippen MR) is 35.7 cm³/mol. The Bertz CT molecular complexity index is 188. The van der Waals surface area contributed by atoms with Crippen molar-refractivity contribution in [2.45, 2.75) is 37.3 Å². The highest BCUT2D eigenvalue weighted by molar-refractivity contribution is 5.09. The lowest BCUT2D eigenvalue weighted by Crippen LogP contribution is -2.35. The van der Waals surface area contributed by atoms with Crippen molar-refractivity contribution in [3.05, 3.63) is 12.2 Å². The maximum atomic E-state index is 5.66. The molecule has 0 aromatic carbocycles. The van der Waals surface area contributed by atoms with E-state index in [9.17, 15) is 0 Å². The van der Waals surface area contributed by atoms with Gasteiger partial charge in [0, 0.05) is 6.42 Å². The maximum Gasteiger partial charge on any atom is 0.111 e. The minimum Gasteiger partial charge on any atom is -0.368 e. The van der Waals surface area contributed by atoms with Crippen LogP contribution in [0.2, 0.25) is 0 Å². The molecule has 2 heteroatoms. The molecular weight excluding hydrogens is 128 g/mol. The summed E-state index contributed by atoms with van der Waals surface area (Å²) in [4.78, 5) is 0. The van der Waals surface area contributed by atoms with Crippen LogP contribution in [-0.2, 0) is 9.47 Å². The minimum absolute atomic E-state index is 0.363. The molecule has 2 fully saturated rings. The Morgan fingerprint density at radius 1 is 1.20 bits per heavy atom. The Balaban J connectivity index is 1.91. The highest BCUT2D eigenvalue weighted by Crippen LogP contribution is 2.40. The van der Waals surface area contributed by atoms with Gasteiger partial charge in [-0.3, -0.25) is 0 Å². The molecule has 0 N–H and O–H groups in total. The van der Waals surface area contributed by atoms with Crippen molar-refractivity contribution < 1.29 is 9.47 Å². The molecule has 0 amide bonds. The minimum atomic E-state index is 0.363. The Morgan fingerprint density at radius 3 is 3.20 bits per heavy atom. The number of hydrogen-bond donors (Lipinski definition) is 0. The summed E-state index contributed by atoms with van der Waals surface area (Å²) >= 11 is 0. The standard InChI is InChI=1S/C8H10O2/c1-2-5-4-7-8(10-7)6(3-1)9-5/h1-2,5-8H,3-4H2. The van der Waals surface area contributed by atoms with Crippen LogP contribution in [0.3, 0.4) is 0 Å². The lowest BCUT2D eigenvalue weighted by atomic mass is 9.97. The van der Waals surface area contributed by atoms with Crippen molar-refractivity contribution in [3.63, 3.8) is 0 Å². The molecule has 3 heterocycles. The highest BCUT2D eigenvalue weighted by atomic mass is 16.6. The van der Waals surface area contributed by atoms with Crippen molar-refractivity contribution >= 4 is 0 Å². The van der Waals surface area contributed by atoms with Gasteiger partial charge in [0.1, 0.15) is 6.10 Å². The third kappa shape index (κ3) is 0.607.